The highest BCUT2D eigenvalue weighted by Gasteiger charge is 1.99. The minimum Gasteiger partial charge on any atom is -0.478 e. The van der Waals surface area contributed by atoms with Gasteiger partial charge in [0.1, 0.15) is 0 Å². The predicted octanol–water partition coefficient (Wildman–Crippen LogP) is 2.20. The van der Waals surface area contributed by atoms with Crippen molar-refractivity contribution in [2.45, 2.75) is 0 Å². The molecular formula is C15H18N2O2. The van der Waals surface area contributed by atoms with Crippen LogP contribution in [0.25, 0.3) is 6.08 Å². The number of carbonyl (C=O) groups is 1. The molecule has 19 heavy (non-hydrogen) atoms. The summed E-state index contributed by atoms with van der Waals surface area (Å²) in [4.78, 5) is 10.4. The summed E-state index contributed by atoms with van der Waals surface area (Å²) < 4.78 is 0. The van der Waals surface area contributed by atoms with Crippen LogP contribution in [0, 0.1) is 11.3 Å². The van der Waals surface area contributed by atoms with Crippen molar-refractivity contribution in [2.75, 3.05) is 13.1 Å². The minimum atomic E-state index is -0.990. The fourth-order valence-electron chi connectivity index (χ4n) is 1.48. The highest BCUT2D eigenvalue weighted by atomic mass is 16.4. The Morgan fingerprint density at radius 2 is 2.11 bits per heavy atom. The van der Waals surface area contributed by atoms with Crippen molar-refractivity contribution >= 4 is 18.3 Å². The molecule has 0 saturated carbocycles. The number of nitrogens with one attached hydrogen (secondary N) is 2. The van der Waals surface area contributed by atoms with Gasteiger partial charge < -0.3 is 15.8 Å². The average molecular weight is 258 g/mol. The molecule has 0 aliphatic rings. The molecule has 1 unspecified atom stereocenters. The van der Waals surface area contributed by atoms with E-state index in [9.17, 15) is 4.79 Å². The van der Waals surface area contributed by atoms with E-state index in [2.05, 4.69) is 5.32 Å². The molecular weight excluding hydrogens is 240 g/mol. The van der Waals surface area contributed by atoms with Gasteiger partial charge in [0.25, 0.3) is 0 Å². The van der Waals surface area contributed by atoms with E-state index < -0.39 is 5.97 Å². The lowest BCUT2D eigenvalue weighted by molar-refractivity contribution is -0.131. The summed E-state index contributed by atoms with van der Waals surface area (Å²) >= 11 is 0. The molecule has 0 spiro atoms. The van der Waals surface area contributed by atoms with Crippen molar-refractivity contribution in [3.8, 4) is 0 Å². The molecule has 0 bridgehead atoms. The predicted molar refractivity (Wildman–Crippen MR) is 77.4 cm³/mol. The van der Waals surface area contributed by atoms with Gasteiger partial charge in [-0.1, -0.05) is 48.6 Å². The number of rotatable bonds is 8. The molecule has 4 nitrogen and oxygen atoms in total. The smallest absolute Gasteiger partial charge is 0.327 e. The minimum absolute atomic E-state index is 0.193. The fourth-order valence-corrected chi connectivity index (χ4v) is 1.48. The van der Waals surface area contributed by atoms with Crippen LogP contribution in [0.15, 0.2) is 48.6 Å². The molecule has 0 aliphatic carbocycles. The third-order valence-electron chi connectivity index (χ3n) is 2.45. The van der Waals surface area contributed by atoms with Crippen LogP contribution in [0.2, 0.25) is 0 Å². The Labute approximate surface area is 113 Å². The normalized spacial score (nSPS) is 12.8. The van der Waals surface area contributed by atoms with Crippen molar-refractivity contribution < 1.29 is 9.90 Å². The summed E-state index contributed by atoms with van der Waals surface area (Å²) in [6.45, 7) is 1.23. The first-order valence-electron chi connectivity index (χ1n) is 6.06. The highest BCUT2D eigenvalue weighted by molar-refractivity contribution is 5.80. The van der Waals surface area contributed by atoms with Crippen LogP contribution < -0.4 is 5.32 Å². The van der Waals surface area contributed by atoms with E-state index in [0.717, 1.165) is 11.6 Å². The van der Waals surface area contributed by atoms with E-state index in [1.165, 1.54) is 12.3 Å². The number of carboxylic acid groups (broad SMARTS) is 1. The Morgan fingerprint density at radius 3 is 2.74 bits per heavy atom. The van der Waals surface area contributed by atoms with E-state index in [-0.39, 0.29) is 5.92 Å². The van der Waals surface area contributed by atoms with E-state index in [1.54, 1.807) is 0 Å². The number of carboxylic acids is 1. The van der Waals surface area contributed by atoms with Crippen LogP contribution in [0.1, 0.15) is 5.56 Å². The molecule has 1 aromatic rings. The van der Waals surface area contributed by atoms with Crippen molar-refractivity contribution in [3.05, 3.63) is 54.1 Å². The summed E-state index contributed by atoms with van der Waals surface area (Å²) in [6, 6.07) is 9.97. The molecule has 100 valence electrons. The zero-order valence-electron chi connectivity index (χ0n) is 10.6. The molecule has 0 saturated heterocycles. The maximum absolute atomic E-state index is 10.4. The van der Waals surface area contributed by atoms with Crippen LogP contribution in [0.3, 0.4) is 0 Å². The summed E-state index contributed by atoms with van der Waals surface area (Å²) in [5, 5.41) is 18.8. The summed E-state index contributed by atoms with van der Waals surface area (Å²) in [5.41, 5.74) is 1.14. The van der Waals surface area contributed by atoms with Gasteiger partial charge in [-0.25, -0.2) is 4.79 Å². The molecule has 0 amide bonds. The van der Waals surface area contributed by atoms with Gasteiger partial charge in [-0.15, -0.1) is 0 Å². The van der Waals surface area contributed by atoms with Crippen LogP contribution in [-0.4, -0.2) is 30.4 Å². The third kappa shape index (κ3) is 6.95. The quantitative estimate of drug-likeness (QED) is 0.380. The first kappa shape index (κ1) is 14.9. The number of hydrogen-bond donors (Lipinski definition) is 3. The maximum atomic E-state index is 10.4. The standard InChI is InChI=1S/C15H18N2O2/c16-11-14(8-9-15(18)19)12-17-10-4-7-13-5-2-1-3-6-13/h1-9,11,14,16-17H,10,12H2,(H,18,19)/b7-4+,9-8+,16-11?. The van der Waals surface area contributed by atoms with Crippen molar-refractivity contribution in [1.82, 2.24) is 5.32 Å². The Hall–Kier alpha value is -2.20. The molecule has 1 rings (SSSR count). The molecule has 3 N–H and O–H groups in total. The summed E-state index contributed by atoms with van der Waals surface area (Å²) in [5.74, 6) is -1.18. The fraction of sp³-hybridized carbons (Fsp3) is 0.200. The molecule has 0 aromatic heterocycles. The topological polar surface area (TPSA) is 73.2 Å². The van der Waals surface area contributed by atoms with Crippen molar-refractivity contribution in [3.63, 3.8) is 0 Å². The van der Waals surface area contributed by atoms with Crippen LogP contribution >= 0.6 is 0 Å². The van der Waals surface area contributed by atoms with E-state index in [1.807, 2.05) is 42.5 Å². The monoisotopic (exact) mass is 258 g/mol. The first-order chi connectivity index (χ1) is 9.22. The lowest BCUT2D eigenvalue weighted by Crippen LogP contribution is -2.22. The first-order valence-corrected chi connectivity index (χ1v) is 6.06. The molecule has 0 fully saturated rings. The lowest BCUT2D eigenvalue weighted by atomic mass is 10.1. The highest BCUT2D eigenvalue weighted by Crippen LogP contribution is 2.00. The SMILES string of the molecule is N=CC(/C=C/C(=O)O)CNC/C=C/c1ccccc1. The maximum Gasteiger partial charge on any atom is 0.327 e. The summed E-state index contributed by atoms with van der Waals surface area (Å²) in [6.07, 6.45) is 7.81. The molecule has 0 heterocycles. The van der Waals surface area contributed by atoms with Gasteiger partial charge in [-0.3, -0.25) is 0 Å². The Balaban J connectivity index is 2.28. The van der Waals surface area contributed by atoms with Gasteiger partial charge >= 0.3 is 5.97 Å². The van der Waals surface area contributed by atoms with Gasteiger partial charge in [0, 0.05) is 31.3 Å². The van der Waals surface area contributed by atoms with E-state index >= 15 is 0 Å². The van der Waals surface area contributed by atoms with Crippen molar-refractivity contribution in [1.29, 1.82) is 5.41 Å². The van der Waals surface area contributed by atoms with Crippen LogP contribution in [0.4, 0.5) is 0 Å². The number of hydrogen-bond acceptors (Lipinski definition) is 3. The Morgan fingerprint density at radius 1 is 1.37 bits per heavy atom. The number of benzene rings is 1. The van der Waals surface area contributed by atoms with E-state index in [0.29, 0.717) is 13.1 Å². The van der Waals surface area contributed by atoms with Crippen LogP contribution in [-0.2, 0) is 4.79 Å². The van der Waals surface area contributed by atoms with Gasteiger partial charge in [-0.2, -0.15) is 0 Å². The van der Waals surface area contributed by atoms with Gasteiger partial charge in [0.15, 0.2) is 0 Å². The number of aliphatic carboxylic acids is 1. The second kappa shape index (κ2) is 8.83. The zero-order chi connectivity index (χ0) is 13.9. The van der Waals surface area contributed by atoms with Gasteiger partial charge in [0.05, 0.1) is 0 Å². The van der Waals surface area contributed by atoms with Crippen molar-refractivity contribution in [2.24, 2.45) is 5.92 Å². The molecule has 0 aliphatic heterocycles. The largest absolute Gasteiger partial charge is 0.478 e. The molecule has 1 atom stereocenters. The Kier molecular flexibility index (Phi) is 6.90. The second-order valence-corrected chi connectivity index (χ2v) is 4.00. The van der Waals surface area contributed by atoms with E-state index in [4.69, 9.17) is 10.5 Å². The summed E-state index contributed by atoms with van der Waals surface area (Å²) in [7, 11) is 0. The van der Waals surface area contributed by atoms with Gasteiger partial charge in [-0.05, 0) is 5.56 Å². The Bertz CT molecular complexity index is 452. The molecule has 0 radical (unpaired) electrons. The zero-order valence-corrected chi connectivity index (χ0v) is 10.6. The van der Waals surface area contributed by atoms with Crippen LogP contribution in [0.5, 0.6) is 0 Å². The second-order valence-electron chi connectivity index (χ2n) is 4.00. The molecule has 1 aromatic carbocycles. The average Bonchev–Trinajstić information content (AvgIpc) is 2.42. The lowest BCUT2D eigenvalue weighted by Gasteiger charge is -2.06. The molecule has 4 heteroatoms. The third-order valence-corrected chi connectivity index (χ3v) is 2.45. The van der Waals surface area contributed by atoms with Gasteiger partial charge in [0.2, 0.25) is 0 Å².